The number of carboxylic acids is 1. The zero-order chi connectivity index (χ0) is 14.3. The van der Waals surface area contributed by atoms with Gasteiger partial charge < -0.3 is 15.7 Å². The van der Waals surface area contributed by atoms with E-state index in [0.29, 0.717) is 10.6 Å². The molecule has 8 nitrogen and oxygen atoms in total. The van der Waals surface area contributed by atoms with Gasteiger partial charge in [-0.25, -0.2) is 18.8 Å². The number of amides is 3. The number of carbonyl (C=O) groups is 3. The molecule has 1 fully saturated rings. The molecular weight excluding hydrogens is 268 g/mol. The summed E-state index contributed by atoms with van der Waals surface area (Å²) in [7, 11) is 0. The Bertz CT molecular complexity index is 486. The summed E-state index contributed by atoms with van der Waals surface area (Å²) in [5.41, 5.74) is 5.75. The fourth-order valence-electron chi connectivity index (χ4n) is 2.11. The van der Waals surface area contributed by atoms with Crippen molar-refractivity contribution in [1.29, 1.82) is 0 Å². The third-order valence-corrected chi connectivity index (χ3v) is 3.06. The van der Waals surface area contributed by atoms with Gasteiger partial charge in [0.2, 0.25) is 5.91 Å². The van der Waals surface area contributed by atoms with Gasteiger partial charge in [-0.05, 0) is 12.5 Å². The molecule has 10 heteroatoms. The minimum absolute atomic E-state index is 0. The van der Waals surface area contributed by atoms with E-state index in [0.717, 1.165) is 4.90 Å². The Morgan fingerprint density at radius 1 is 1.60 bits per heavy atom. The molecule has 0 unspecified atom stereocenters. The third kappa shape index (κ3) is 2.65. The Kier molecular flexibility index (Phi) is 4.80. The maximum absolute atomic E-state index is 13.0. The van der Waals surface area contributed by atoms with Crippen LogP contribution in [0.15, 0.2) is 11.6 Å². The molecule has 0 aromatic rings. The molecule has 3 N–H and O–H groups in total. The molecule has 2 bridgehead atoms. The van der Waals surface area contributed by atoms with Crippen LogP contribution in [0, 0.1) is 0 Å². The molecule has 0 aromatic heterocycles. The Labute approximate surface area is 125 Å². The Hall–Kier alpha value is -1.56. The van der Waals surface area contributed by atoms with E-state index < -0.39 is 36.3 Å². The predicted molar refractivity (Wildman–Crippen MR) is 65.2 cm³/mol. The number of primary amides is 1. The molecule has 0 aromatic carbocycles. The summed E-state index contributed by atoms with van der Waals surface area (Å²) in [6.45, 7) is 1.72. The van der Waals surface area contributed by atoms with E-state index in [2.05, 4.69) is 4.84 Å². The van der Waals surface area contributed by atoms with E-state index >= 15 is 0 Å². The number of urea groups is 1. The molecule has 0 radical (unpaired) electrons. The minimum atomic E-state index is -2.65. The van der Waals surface area contributed by atoms with Crippen molar-refractivity contribution in [3.05, 3.63) is 11.6 Å². The van der Waals surface area contributed by atoms with Crippen LogP contribution < -0.4 is 5.73 Å². The molecule has 0 saturated carbocycles. The third-order valence-electron chi connectivity index (χ3n) is 3.06. The van der Waals surface area contributed by atoms with Gasteiger partial charge in [0.05, 0.1) is 6.54 Å². The van der Waals surface area contributed by atoms with Crippen molar-refractivity contribution in [2.24, 2.45) is 5.73 Å². The fourth-order valence-corrected chi connectivity index (χ4v) is 2.11. The first-order valence-electron chi connectivity index (χ1n) is 5.44. The number of carboxylic acid groups (broad SMARTS) is 1. The summed E-state index contributed by atoms with van der Waals surface area (Å²) in [6.07, 6.45) is -1.17. The predicted octanol–water partition coefficient (Wildman–Crippen LogP) is -1.43. The first-order chi connectivity index (χ1) is 8.82. The number of hydrogen-bond donors (Lipinski definition) is 2. The molecule has 0 aliphatic carbocycles. The normalized spacial score (nSPS) is 25.9. The number of aliphatic carboxylic acids is 1. The summed E-state index contributed by atoms with van der Waals surface area (Å²) in [5, 5.41) is 9.07. The van der Waals surface area contributed by atoms with Crippen molar-refractivity contribution in [3.8, 4) is 0 Å². The first-order valence-corrected chi connectivity index (χ1v) is 5.44. The zero-order valence-electron chi connectivity index (χ0n) is 9.95. The summed E-state index contributed by atoms with van der Waals surface area (Å²) in [4.78, 5) is 39.1. The second kappa shape index (κ2) is 5.83. The standard InChI is InChI=1S/C10H12FN3O5.Li.H/c1-4-2-5(8(12)15)13-3-6(4)14(10(13)18)19-7(11)9(16)17;;/h2,5-7H,3H2,1H3,(H2,12,15)(H,16,17);;/t5-,6-,7+;;/m0../s1. The summed E-state index contributed by atoms with van der Waals surface area (Å²) in [5.74, 6) is -2.56. The van der Waals surface area contributed by atoms with Gasteiger partial charge in [0.25, 0.3) is 0 Å². The SMILES string of the molecule is CC1=C[C@@H](C(N)=O)N2C[C@@H]1N(O[C@@H](F)C(=O)O)C2=O.[LiH]. The van der Waals surface area contributed by atoms with Crippen LogP contribution >= 0.6 is 0 Å². The van der Waals surface area contributed by atoms with E-state index in [1.807, 2.05) is 0 Å². The second-order valence-corrected chi connectivity index (χ2v) is 4.29. The number of hydrogen-bond acceptors (Lipinski definition) is 4. The van der Waals surface area contributed by atoms with E-state index in [1.54, 1.807) is 6.92 Å². The summed E-state index contributed by atoms with van der Waals surface area (Å²) >= 11 is 0. The van der Waals surface area contributed by atoms with Crippen molar-refractivity contribution in [2.45, 2.75) is 25.4 Å². The van der Waals surface area contributed by atoms with Gasteiger partial charge in [0.1, 0.15) is 12.1 Å². The maximum atomic E-state index is 13.0. The zero-order valence-corrected chi connectivity index (χ0v) is 9.95. The van der Waals surface area contributed by atoms with E-state index in [1.165, 1.54) is 6.08 Å². The quantitative estimate of drug-likeness (QED) is 0.484. The molecule has 3 amide bonds. The Morgan fingerprint density at radius 2 is 2.20 bits per heavy atom. The van der Waals surface area contributed by atoms with Crippen LogP contribution in [0.1, 0.15) is 6.92 Å². The average Bonchev–Trinajstić information content (AvgIpc) is 2.60. The average molecular weight is 281 g/mol. The Morgan fingerprint density at radius 3 is 2.70 bits per heavy atom. The van der Waals surface area contributed by atoms with E-state index in [9.17, 15) is 18.8 Å². The van der Waals surface area contributed by atoms with Crippen LogP contribution in [0.3, 0.4) is 0 Å². The molecule has 1 saturated heterocycles. The molecule has 2 rings (SSSR count). The molecule has 3 atom stereocenters. The van der Waals surface area contributed by atoms with Crippen LogP contribution in [-0.2, 0) is 14.4 Å². The number of nitrogens with two attached hydrogens (primary N) is 1. The van der Waals surface area contributed by atoms with Crippen LogP contribution in [0.5, 0.6) is 0 Å². The number of rotatable bonds is 4. The van der Waals surface area contributed by atoms with Gasteiger partial charge >= 0.3 is 37.2 Å². The molecule has 106 valence electrons. The van der Waals surface area contributed by atoms with E-state index in [4.69, 9.17) is 10.8 Å². The number of nitrogens with zero attached hydrogens (tertiary/aromatic N) is 2. The van der Waals surface area contributed by atoms with Crippen molar-refractivity contribution in [2.75, 3.05) is 6.54 Å². The second-order valence-electron chi connectivity index (χ2n) is 4.29. The van der Waals surface area contributed by atoms with Crippen LogP contribution in [-0.4, -0.2) is 76.8 Å². The van der Waals surface area contributed by atoms with Crippen molar-refractivity contribution >= 4 is 36.8 Å². The van der Waals surface area contributed by atoms with Gasteiger partial charge in [0.15, 0.2) is 0 Å². The number of alkyl halides is 1. The van der Waals surface area contributed by atoms with Crippen molar-refractivity contribution in [1.82, 2.24) is 9.96 Å². The van der Waals surface area contributed by atoms with Crippen LogP contribution in [0.25, 0.3) is 0 Å². The van der Waals surface area contributed by atoms with Gasteiger partial charge in [-0.1, -0.05) is 6.08 Å². The summed E-state index contributed by atoms with van der Waals surface area (Å²) in [6, 6.07) is -2.34. The van der Waals surface area contributed by atoms with E-state index in [-0.39, 0.29) is 25.4 Å². The van der Waals surface area contributed by atoms with Gasteiger partial charge in [-0.2, -0.15) is 5.06 Å². The van der Waals surface area contributed by atoms with Crippen LogP contribution in [0.4, 0.5) is 9.18 Å². The Balaban J connectivity index is 0.00000200. The fraction of sp³-hybridized carbons (Fsp3) is 0.500. The summed E-state index contributed by atoms with van der Waals surface area (Å²) < 4.78 is 13.0. The molecule has 20 heavy (non-hydrogen) atoms. The molecule has 2 heterocycles. The first kappa shape index (κ1) is 16.5. The topological polar surface area (TPSA) is 113 Å². The van der Waals surface area contributed by atoms with Gasteiger partial charge in [0, 0.05) is 0 Å². The van der Waals surface area contributed by atoms with Crippen LogP contribution in [0.2, 0.25) is 0 Å². The number of hydroxylamine groups is 2. The number of halogens is 1. The number of fused-ring (bicyclic) bond motifs is 2. The molecule has 0 spiro atoms. The van der Waals surface area contributed by atoms with Crippen molar-refractivity contribution < 1.29 is 28.7 Å². The monoisotopic (exact) mass is 281 g/mol. The molecule has 2 aliphatic heterocycles. The van der Waals surface area contributed by atoms with Gasteiger partial charge in [-0.15, -0.1) is 0 Å². The molecule has 2 aliphatic rings. The number of carbonyl (C=O) groups excluding carboxylic acids is 2. The van der Waals surface area contributed by atoms with Crippen molar-refractivity contribution in [3.63, 3.8) is 0 Å². The molecular formula is C10H13FLiN3O5. The van der Waals surface area contributed by atoms with Gasteiger partial charge in [-0.3, -0.25) is 4.79 Å².